The predicted octanol–water partition coefficient (Wildman–Crippen LogP) is -0.770. The summed E-state index contributed by atoms with van der Waals surface area (Å²) >= 11 is 0. The van der Waals surface area contributed by atoms with Crippen molar-refractivity contribution in [3.05, 3.63) is 0 Å². The van der Waals surface area contributed by atoms with Gasteiger partial charge in [0.15, 0.2) is 6.40 Å². The summed E-state index contributed by atoms with van der Waals surface area (Å²) < 4.78 is 18.8. The summed E-state index contributed by atoms with van der Waals surface area (Å²) in [7, 11) is 1.15. The molecule has 1 fully saturated rings. The molecule has 0 aromatic carbocycles. The average molecular weight is 249 g/mol. The van der Waals surface area contributed by atoms with Crippen LogP contribution in [0.25, 0.3) is 0 Å². The molecule has 8 nitrogen and oxygen atoms in total. The van der Waals surface area contributed by atoms with Crippen molar-refractivity contribution in [1.29, 1.82) is 5.41 Å². The second-order valence-corrected chi connectivity index (χ2v) is 3.42. The monoisotopic (exact) mass is 249 g/mol. The van der Waals surface area contributed by atoms with Crippen molar-refractivity contribution in [2.75, 3.05) is 13.7 Å². The number of carbonyl (C=O) groups excluding carboxylic acids is 1. The molecule has 0 aromatic rings. The second kappa shape index (κ2) is 6.38. The van der Waals surface area contributed by atoms with Gasteiger partial charge in [0.2, 0.25) is 6.29 Å². The van der Waals surface area contributed by atoms with Crippen LogP contribution >= 0.6 is 0 Å². The Labute approximate surface area is 97.5 Å². The summed E-state index contributed by atoms with van der Waals surface area (Å²) in [6, 6.07) is 0. The molecule has 0 saturated carbocycles. The third-order valence-corrected chi connectivity index (χ3v) is 2.29. The van der Waals surface area contributed by atoms with Gasteiger partial charge in [-0.25, -0.2) is 4.79 Å². The minimum atomic E-state index is -1.19. The van der Waals surface area contributed by atoms with Crippen LogP contribution in [0.2, 0.25) is 0 Å². The van der Waals surface area contributed by atoms with E-state index >= 15 is 0 Å². The smallest absolute Gasteiger partial charge is 0.455 e. The van der Waals surface area contributed by atoms with Crippen LogP contribution < -0.4 is 0 Å². The lowest BCUT2D eigenvalue weighted by molar-refractivity contribution is -0.233. The fourth-order valence-corrected chi connectivity index (χ4v) is 1.43. The Morgan fingerprint density at radius 1 is 1.59 bits per heavy atom. The van der Waals surface area contributed by atoms with Crippen molar-refractivity contribution in [3.63, 3.8) is 0 Å². The Balaban J connectivity index is 2.49. The zero-order chi connectivity index (χ0) is 12.8. The lowest BCUT2D eigenvalue weighted by Crippen LogP contribution is -2.51. The summed E-state index contributed by atoms with van der Waals surface area (Å²) in [5.41, 5.74) is 0. The van der Waals surface area contributed by atoms with E-state index < -0.39 is 30.8 Å². The topological polar surface area (TPSA) is 118 Å². The van der Waals surface area contributed by atoms with Gasteiger partial charge in [-0.15, -0.1) is 0 Å². The van der Waals surface area contributed by atoms with Gasteiger partial charge in [-0.05, 0) is 0 Å². The molecule has 0 radical (unpaired) electrons. The van der Waals surface area contributed by atoms with Crippen LogP contribution in [0.5, 0.6) is 0 Å². The number of hydrogen-bond acceptors (Lipinski definition) is 8. The number of rotatable bonds is 4. The normalized spacial score (nSPS) is 32.6. The Kier molecular flexibility index (Phi) is 5.13. The summed E-state index contributed by atoms with van der Waals surface area (Å²) in [5, 5.41) is 25.8. The Bertz CT molecular complexity index is 272. The average Bonchev–Trinajstić information content (AvgIpc) is 2.31. The van der Waals surface area contributed by atoms with Crippen molar-refractivity contribution in [2.24, 2.45) is 0 Å². The molecule has 1 aliphatic heterocycles. The highest BCUT2D eigenvalue weighted by Crippen LogP contribution is 2.21. The largest absolute Gasteiger partial charge is 0.508 e. The van der Waals surface area contributed by atoms with Crippen molar-refractivity contribution < 1.29 is 34.0 Å². The van der Waals surface area contributed by atoms with Crippen LogP contribution in [0.15, 0.2) is 0 Å². The molecular formula is C9H15NO7. The van der Waals surface area contributed by atoms with Gasteiger partial charge in [0.25, 0.3) is 0 Å². The molecule has 0 spiro atoms. The molecule has 1 heterocycles. The summed E-state index contributed by atoms with van der Waals surface area (Å²) in [6.45, 7) is -0.275. The Morgan fingerprint density at radius 2 is 2.29 bits per heavy atom. The van der Waals surface area contributed by atoms with Gasteiger partial charge in [0.1, 0.15) is 18.8 Å². The highest BCUT2D eigenvalue weighted by atomic mass is 16.7. The van der Waals surface area contributed by atoms with E-state index in [1.807, 2.05) is 0 Å². The van der Waals surface area contributed by atoms with Crippen LogP contribution in [-0.4, -0.2) is 61.1 Å². The van der Waals surface area contributed by atoms with Crippen molar-refractivity contribution in [3.8, 4) is 0 Å². The molecule has 3 N–H and O–H groups in total. The second-order valence-electron chi connectivity index (χ2n) is 3.42. The maximum atomic E-state index is 10.7. The molecule has 4 atom stereocenters. The molecule has 17 heavy (non-hydrogen) atoms. The standard InChI is InChI=1S/C9H15NO7/c1-14-9(13)15-3-6-8(12)5(11)2-7(17-6)16-4-10/h4-8,10-12H,2-3H2,1H3/t5?,6?,7?,8-/m0/s1. The molecule has 3 unspecified atom stereocenters. The fraction of sp³-hybridized carbons (Fsp3) is 0.778. The molecule has 0 aromatic heterocycles. The van der Waals surface area contributed by atoms with Crippen LogP contribution in [-0.2, 0) is 18.9 Å². The predicted molar refractivity (Wildman–Crippen MR) is 53.5 cm³/mol. The minimum absolute atomic E-state index is 0.0330. The summed E-state index contributed by atoms with van der Waals surface area (Å²) in [6.07, 6.45) is -4.24. The third-order valence-electron chi connectivity index (χ3n) is 2.29. The van der Waals surface area contributed by atoms with Crippen molar-refractivity contribution in [1.82, 2.24) is 0 Å². The molecule has 1 saturated heterocycles. The Hall–Kier alpha value is -1.38. The SMILES string of the molecule is COC(=O)OCC1OC(OC=N)CC(O)[C@@H]1O. The molecular weight excluding hydrogens is 234 g/mol. The number of methoxy groups -OCH3 is 1. The van der Waals surface area contributed by atoms with Gasteiger partial charge < -0.3 is 29.2 Å². The number of aliphatic hydroxyl groups is 2. The third kappa shape index (κ3) is 3.84. The van der Waals surface area contributed by atoms with Crippen LogP contribution in [0.4, 0.5) is 4.79 Å². The van der Waals surface area contributed by atoms with Gasteiger partial charge in [-0.3, -0.25) is 5.41 Å². The molecule has 1 rings (SSSR count). The fourth-order valence-electron chi connectivity index (χ4n) is 1.43. The van der Waals surface area contributed by atoms with E-state index in [-0.39, 0.29) is 13.0 Å². The van der Waals surface area contributed by atoms with Crippen molar-refractivity contribution in [2.45, 2.75) is 31.0 Å². The lowest BCUT2D eigenvalue weighted by Gasteiger charge is -2.35. The Morgan fingerprint density at radius 3 is 2.88 bits per heavy atom. The first-order valence-electron chi connectivity index (χ1n) is 4.95. The number of carbonyl (C=O) groups is 1. The van der Waals surface area contributed by atoms with Crippen LogP contribution in [0, 0.1) is 5.41 Å². The number of nitrogens with one attached hydrogen (secondary N) is 1. The molecule has 0 bridgehead atoms. The van der Waals surface area contributed by atoms with E-state index in [0.717, 1.165) is 7.11 Å². The maximum Gasteiger partial charge on any atom is 0.508 e. The van der Waals surface area contributed by atoms with Crippen LogP contribution in [0.1, 0.15) is 6.42 Å². The molecule has 8 heteroatoms. The maximum absolute atomic E-state index is 10.7. The van der Waals surface area contributed by atoms with E-state index in [2.05, 4.69) is 9.47 Å². The molecule has 1 aliphatic rings. The van der Waals surface area contributed by atoms with E-state index in [4.69, 9.17) is 14.9 Å². The summed E-state index contributed by atoms with van der Waals surface area (Å²) in [4.78, 5) is 10.7. The highest BCUT2D eigenvalue weighted by molar-refractivity contribution is 5.59. The zero-order valence-corrected chi connectivity index (χ0v) is 9.24. The van der Waals surface area contributed by atoms with E-state index in [1.54, 1.807) is 0 Å². The van der Waals surface area contributed by atoms with Gasteiger partial charge in [0.05, 0.1) is 13.2 Å². The van der Waals surface area contributed by atoms with Gasteiger partial charge in [0, 0.05) is 6.42 Å². The lowest BCUT2D eigenvalue weighted by atomic mass is 10.0. The minimum Gasteiger partial charge on any atom is -0.455 e. The van der Waals surface area contributed by atoms with Crippen LogP contribution in [0.3, 0.4) is 0 Å². The number of ether oxygens (including phenoxy) is 4. The molecule has 0 aliphatic carbocycles. The quantitative estimate of drug-likeness (QED) is 0.340. The first-order chi connectivity index (χ1) is 8.08. The van der Waals surface area contributed by atoms with E-state index in [9.17, 15) is 15.0 Å². The zero-order valence-electron chi connectivity index (χ0n) is 9.24. The van der Waals surface area contributed by atoms with Gasteiger partial charge >= 0.3 is 6.16 Å². The molecule has 0 amide bonds. The van der Waals surface area contributed by atoms with E-state index in [0.29, 0.717) is 6.40 Å². The molecule has 98 valence electrons. The van der Waals surface area contributed by atoms with E-state index in [1.165, 1.54) is 0 Å². The number of aliphatic hydroxyl groups excluding tert-OH is 2. The summed E-state index contributed by atoms with van der Waals surface area (Å²) in [5.74, 6) is 0. The number of hydrogen-bond donors (Lipinski definition) is 3. The van der Waals surface area contributed by atoms with Gasteiger partial charge in [-0.2, -0.15) is 0 Å². The van der Waals surface area contributed by atoms with Gasteiger partial charge in [-0.1, -0.05) is 0 Å². The van der Waals surface area contributed by atoms with Crippen molar-refractivity contribution >= 4 is 12.6 Å². The first-order valence-corrected chi connectivity index (χ1v) is 4.95. The first kappa shape index (κ1) is 13.7. The highest BCUT2D eigenvalue weighted by Gasteiger charge is 2.38.